The number of nitrogens with one attached hydrogen (secondary N) is 1. The normalized spacial score (nSPS) is 21.3. The van der Waals surface area contributed by atoms with Crippen molar-refractivity contribution in [1.82, 2.24) is 10.3 Å². The van der Waals surface area contributed by atoms with Crippen molar-refractivity contribution in [3.05, 3.63) is 29.7 Å². The van der Waals surface area contributed by atoms with Crippen LogP contribution in [0.4, 0.5) is 0 Å². The van der Waals surface area contributed by atoms with Crippen molar-refractivity contribution >= 4 is 11.1 Å². The van der Waals surface area contributed by atoms with Gasteiger partial charge in [0.05, 0.1) is 6.04 Å². The molecule has 2 heterocycles. The molecule has 0 amide bonds. The summed E-state index contributed by atoms with van der Waals surface area (Å²) in [7, 11) is 0. The number of hydrogen-bond acceptors (Lipinski definition) is 3. The molecule has 3 rings (SSSR count). The minimum absolute atomic E-state index is 0.316. The van der Waals surface area contributed by atoms with Gasteiger partial charge in [0.15, 0.2) is 5.58 Å². The van der Waals surface area contributed by atoms with E-state index in [4.69, 9.17) is 4.42 Å². The van der Waals surface area contributed by atoms with Crippen LogP contribution in [0.15, 0.2) is 22.6 Å². The smallest absolute Gasteiger partial charge is 0.212 e. The van der Waals surface area contributed by atoms with E-state index >= 15 is 0 Å². The summed E-state index contributed by atoms with van der Waals surface area (Å²) in [5.74, 6) is 0.844. The van der Waals surface area contributed by atoms with Crippen LogP contribution in [-0.2, 0) is 0 Å². The summed E-state index contributed by atoms with van der Waals surface area (Å²) in [5.41, 5.74) is 3.06. The molecule has 0 spiro atoms. The Morgan fingerprint density at radius 2 is 2.40 bits per heavy atom. The average Bonchev–Trinajstić information content (AvgIpc) is 2.86. The molecule has 15 heavy (non-hydrogen) atoms. The topological polar surface area (TPSA) is 38.1 Å². The number of benzene rings is 1. The SMILES string of the molecule is Cc1cccc2nc(C3CCCN3)oc12. The summed E-state index contributed by atoms with van der Waals surface area (Å²) in [5, 5.41) is 3.40. The Morgan fingerprint density at radius 3 is 3.13 bits per heavy atom. The van der Waals surface area contributed by atoms with Gasteiger partial charge in [0.1, 0.15) is 5.52 Å². The first-order valence-corrected chi connectivity index (χ1v) is 5.44. The first-order valence-electron chi connectivity index (χ1n) is 5.44. The van der Waals surface area contributed by atoms with Gasteiger partial charge < -0.3 is 9.73 Å². The number of oxazole rings is 1. The average molecular weight is 202 g/mol. The van der Waals surface area contributed by atoms with Crippen LogP contribution in [0.25, 0.3) is 11.1 Å². The fourth-order valence-corrected chi connectivity index (χ4v) is 2.15. The van der Waals surface area contributed by atoms with Gasteiger partial charge in [-0.2, -0.15) is 0 Å². The summed E-state index contributed by atoms with van der Waals surface area (Å²) in [6.45, 7) is 3.13. The summed E-state index contributed by atoms with van der Waals surface area (Å²) < 4.78 is 5.81. The van der Waals surface area contributed by atoms with E-state index in [0.29, 0.717) is 6.04 Å². The van der Waals surface area contributed by atoms with Gasteiger partial charge in [0.25, 0.3) is 0 Å². The Balaban J connectivity index is 2.09. The Hall–Kier alpha value is -1.35. The molecule has 0 aliphatic carbocycles. The highest BCUT2D eigenvalue weighted by Gasteiger charge is 2.21. The molecule has 1 fully saturated rings. The molecular formula is C12H14N2O. The van der Waals surface area contributed by atoms with Gasteiger partial charge in [0.2, 0.25) is 5.89 Å². The maximum atomic E-state index is 5.81. The van der Waals surface area contributed by atoms with Crippen LogP contribution in [0, 0.1) is 6.92 Å². The zero-order chi connectivity index (χ0) is 10.3. The lowest BCUT2D eigenvalue weighted by Crippen LogP contribution is -2.12. The van der Waals surface area contributed by atoms with Crippen LogP contribution in [0.5, 0.6) is 0 Å². The fraction of sp³-hybridized carbons (Fsp3) is 0.417. The molecule has 1 unspecified atom stereocenters. The maximum Gasteiger partial charge on any atom is 0.212 e. The lowest BCUT2D eigenvalue weighted by atomic mass is 10.2. The zero-order valence-electron chi connectivity index (χ0n) is 8.79. The van der Waals surface area contributed by atoms with Crippen LogP contribution in [0.2, 0.25) is 0 Å². The van der Waals surface area contributed by atoms with Crippen molar-refractivity contribution in [3.8, 4) is 0 Å². The minimum atomic E-state index is 0.316. The van der Waals surface area contributed by atoms with Gasteiger partial charge in [0, 0.05) is 0 Å². The number of hydrogen-bond donors (Lipinski definition) is 1. The zero-order valence-corrected chi connectivity index (χ0v) is 8.79. The fourth-order valence-electron chi connectivity index (χ4n) is 2.15. The first kappa shape index (κ1) is 8.92. The summed E-state index contributed by atoms with van der Waals surface area (Å²) in [4.78, 5) is 4.53. The highest BCUT2D eigenvalue weighted by Crippen LogP contribution is 2.27. The second kappa shape index (κ2) is 3.35. The van der Waals surface area contributed by atoms with E-state index in [1.165, 1.54) is 6.42 Å². The largest absolute Gasteiger partial charge is 0.439 e. The van der Waals surface area contributed by atoms with Crippen LogP contribution in [-0.4, -0.2) is 11.5 Å². The van der Waals surface area contributed by atoms with Crippen LogP contribution >= 0.6 is 0 Å². The Labute approximate surface area is 88.5 Å². The second-order valence-corrected chi connectivity index (χ2v) is 4.12. The van der Waals surface area contributed by atoms with E-state index in [1.807, 2.05) is 12.1 Å². The second-order valence-electron chi connectivity index (χ2n) is 4.12. The van der Waals surface area contributed by atoms with Crippen molar-refractivity contribution in [2.45, 2.75) is 25.8 Å². The highest BCUT2D eigenvalue weighted by molar-refractivity contribution is 5.76. The van der Waals surface area contributed by atoms with Crippen molar-refractivity contribution < 1.29 is 4.42 Å². The van der Waals surface area contributed by atoms with E-state index in [-0.39, 0.29) is 0 Å². The summed E-state index contributed by atoms with van der Waals surface area (Å²) in [6.07, 6.45) is 2.34. The molecular weight excluding hydrogens is 188 g/mol. The molecule has 2 aromatic rings. The van der Waals surface area contributed by atoms with Gasteiger partial charge in [-0.25, -0.2) is 4.98 Å². The first-order chi connectivity index (χ1) is 7.34. The van der Waals surface area contributed by atoms with E-state index in [9.17, 15) is 0 Å². The molecule has 0 radical (unpaired) electrons. The predicted molar refractivity (Wildman–Crippen MR) is 58.7 cm³/mol. The Morgan fingerprint density at radius 1 is 1.47 bits per heavy atom. The lowest BCUT2D eigenvalue weighted by Gasteiger charge is -2.02. The van der Waals surface area contributed by atoms with E-state index in [0.717, 1.165) is 35.5 Å². The minimum Gasteiger partial charge on any atom is -0.439 e. The lowest BCUT2D eigenvalue weighted by molar-refractivity contribution is 0.451. The molecule has 78 valence electrons. The van der Waals surface area contributed by atoms with Crippen molar-refractivity contribution in [3.63, 3.8) is 0 Å². The molecule has 1 saturated heterocycles. The quantitative estimate of drug-likeness (QED) is 0.772. The molecule has 1 N–H and O–H groups in total. The number of aryl methyl sites for hydroxylation is 1. The third-order valence-electron chi connectivity index (χ3n) is 2.99. The number of para-hydroxylation sites is 1. The van der Waals surface area contributed by atoms with Crippen LogP contribution in [0.1, 0.15) is 30.3 Å². The van der Waals surface area contributed by atoms with Crippen LogP contribution < -0.4 is 5.32 Å². The number of aromatic nitrogens is 1. The third kappa shape index (κ3) is 1.43. The Bertz CT molecular complexity index is 483. The van der Waals surface area contributed by atoms with Crippen molar-refractivity contribution in [2.75, 3.05) is 6.54 Å². The van der Waals surface area contributed by atoms with E-state index in [2.05, 4.69) is 23.3 Å². The van der Waals surface area contributed by atoms with Crippen molar-refractivity contribution in [2.24, 2.45) is 0 Å². The molecule has 1 aliphatic heterocycles. The third-order valence-corrected chi connectivity index (χ3v) is 2.99. The Kier molecular flexibility index (Phi) is 1.99. The predicted octanol–water partition coefficient (Wildman–Crippen LogP) is 2.56. The molecule has 1 atom stereocenters. The van der Waals surface area contributed by atoms with Crippen molar-refractivity contribution in [1.29, 1.82) is 0 Å². The van der Waals surface area contributed by atoms with E-state index in [1.54, 1.807) is 0 Å². The summed E-state index contributed by atoms with van der Waals surface area (Å²) in [6, 6.07) is 6.40. The number of nitrogens with zero attached hydrogens (tertiary/aromatic N) is 1. The standard InChI is InChI=1S/C12H14N2O/c1-8-4-2-5-9-11(8)15-12(14-9)10-6-3-7-13-10/h2,4-5,10,13H,3,6-7H2,1H3. The van der Waals surface area contributed by atoms with Gasteiger partial charge in [-0.05, 0) is 37.9 Å². The van der Waals surface area contributed by atoms with Gasteiger partial charge in [-0.1, -0.05) is 12.1 Å². The summed E-state index contributed by atoms with van der Waals surface area (Å²) >= 11 is 0. The van der Waals surface area contributed by atoms with Crippen LogP contribution in [0.3, 0.4) is 0 Å². The van der Waals surface area contributed by atoms with Gasteiger partial charge in [-0.3, -0.25) is 0 Å². The van der Waals surface area contributed by atoms with Gasteiger partial charge in [-0.15, -0.1) is 0 Å². The molecule has 1 aromatic carbocycles. The van der Waals surface area contributed by atoms with Gasteiger partial charge >= 0.3 is 0 Å². The molecule has 3 heteroatoms. The number of fused-ring (bicyclic) bond motifs is 1. The highest BCUT2D eigenvalue weighted by atomic mass is 16.3. The molecule has 0 bridgehead atoms. The molecule has 1 aliphatic rings. The number of rotatable bonds is 1. The molecule has 1 aromatic heterocycles. The van der Waals surface area contributed by atoms with E-state index < -0.39 is 0 Å². The molecule has 0 saturated carbocycles. The maximum absolute atomic E-state index is 5.81. The monoisotopic (exact) mass is 202 g/mol. The molecule has 3 nitrogen and oxygen atoms in total.